The highest BCUT2D eigenvalue weighted by Gasteiger charge is 2.44. The summed E-state index contributed by atoms with van der Waals surface area (Å²) in [4.78, 5) is 0. The molecule has 0 saturated carbocycles. The summed E-state index contributed by atoms with van der Waals surface area (Å²) < 4.78 is 18.5. The molecule has 0 aromatic rings. The molecule has 2 aliphatic rings. The molecule has 44 heavy (non-hydrogen) atoms. The van der Waals surface area contributed by atoms with E-state index in [0.717, 1.165) is 5.57 Å². The second-order valence-corrected chi connectivity index (χ2v) is 13.4. The van der Waals surface area contributed by atoms with Gasteiger partial charge >= 0.3 is 0 Å². The van der Waals surface area contributed by atoms with Gasteiger partial charge in [-0.2, -0.15) is 0 Å². The lowest BCUT2D eigenvalue weighted by molar-refractivity contribution is -0.280. The maximum Gasteiger partial charge on any atom is 0.161 e. The van der Waals surface area contributed by atoms with Crippen LogP contribution in [0.3, 0.4) is 0 Å². The summed E-state index contributed by atoms with van der Waals surface area (Å²) in [6.45, 7) is 14.7. The van der Waals surface area contributed by atoms with Crippen LogP contribution in [0.15, 0.2) is 36.0 Å². The lowest BCUT2D eigenvalue weighted by Crippen LogP contribution is -2.53. The SMILES string of the molecule is C/C=C/[C@H]1O[C@@H]([C@@H](C)[C@H](O)[C@H](C)[C@@H](O)[C@@H](O)/C=C/C=C(\C)C[C@@H](C)[C@H](O)C[C@@H](C)O)C[C@@H](O[C@@H]2C[C@H](O)[C@@H](O)[C@H](C)O2)[C@@H]1C. The summed E-state index contributed by atoms with van der Waals surface area (Å²) >= 11 is 0. The van der Waals surface area contributed by atoms with E-state index in [-0.39, 0.29) is 30.5 Å². The van der Waals surface area contributed by atoms with Gasteiger partial charge in [-0.05, 0) is 46.5 Å². The van der Waals surface area contributed by atoms with Crippen molar-refractivity contribution in [2.24, 2.45) is 23.7 Å². The highest BCUT2D eigenvalue weighted by molar-refractivity contribution is 5.13. The van der Waals surface area contributed by atoms with Crippen LogP contribution >= 0.6 is 0 Å². The van der Waals surface area contributed by atoms with Crippen LogP contribution < -0.4 is 0 Å². The Morgan fingerprint density at radius 3 is 2.20 bits per heavy atom. The lowest BCUT2D eigenvalue weighted by atomic mass is 9.79. The van der Waals surface area contributed by atoms with E-state index in [4.69, 9.17) is 14.2 Å². The number of hydrogen-bond acceptors (Lipinski definition) is 10. The van der Waals surface area contributed by atoms with Crippen LogP contribution in [-0.4, -0.2) is 109 Å². The average molecular weight is 629 g/mol. The van der Waals surface area contributed by atoms with Crippen LogP contribution in [0, 0.1) is 23.7 Å². The number of allylic oxidation sites excluding steroid dienone is 4. The molecule has 2 saturated heterocycles. The first-order chi connectivity index (χ1) is 20.6. The molecule has 0 aliphatic carbocycles. The van der Waals surface area contributed by atoms with Crippen molar-refractivity contribution in [1.82, 2.24) is 0 Å². The first kappa shape index (κ1) is 39.0. The van der Waals surface area contributed by atoms with Crippen molar-refractivity contribution < 1.29 is 50.0 Å². The zero-order valence-electron chi connectivity index (χ0n) is 27.8. The van der Waals surface area contributed by atoms with Crippen molar-refractivity contribution in [2.45, 2.75) is 155 Å². The third kappa shape index (κ3) is 11.3. The molecular formula is C34H60O10. The number of aliphatic hydroxyl groups excluding tert-OH is 7. The van der Waals surface area contributed by atoms with E-state index < -0.39 is 73.1 Å². The molecule has 2 aliphatic heterocycles. The summed E-state index contributed by atoms with van der Waals surface area (Å²) in [5.41, 5.74) is 0.983. The van der Waals surface area contributed by atoms with Crippen LogP contribution in [-0.2, 0) is 14.2 Å². The summed E-state index contributed by atoms with van der Waals surface area (Å²) in [6, 6.07) is 0. The maximum atomic E-state index is 11.3. The number of rotatable bonds is 15. The Morgan fingerprint density at radius 1 is 0.955 bits per heavy atom. The maximum absolute atomic E-state index is 11.3. The van der Waals surface area contributed by atoms with Gasteiger partial charge in [-0.3, -0.25) is 0 Å². The molecule has 0 spiro atoms. The minimum Gasteiger partial charge on any atom is -0.393 e. The smallest absolute Gasteiger partial charge is 0.161 e. The molecule has 0 amide bonds. The van der Waals surface area contributed by atoms with Crippen LogP contribution in [0.25, 0.3) is 0 Å². The molecular weight excluding hydrogens is 568 g/mol. The molecule has 16 atom stereocenters. The van der Waals surface area contributed by atoms with Crippen molar-refractivity contribution in [3.8, 4) is 0 Å². The summed E-state index contributed by atoms with van der Waals surface area (Å²) in [5, 5.41) is 72.9. The van der Waals surface area contributed by atoms with Gasteiger partial charge in [0.05, 0.1) is 61.0 Å². The van der Waals surface area contributed by atoms with Gasteiger partial charge in [-0.15, -0.1) is 0 Å². The normalized spacial score (nSPS) is 36.1. The van der Waals surface area contributed by atoms with E-state index in [1.54, 1.807) is 26.8 Å². The second-order valence-electron chi connectivity index (χ2n) is 13.4. The van der Waals surface area contributed by atoms with Gasteiger partial charge in [-0.1, -0.05) is 63.6 Å². The third-order valence-corrected chi connectivity index (χ3v) is 9.41. The number of aliphatic hydroxyl groups is 7. The molecule has 10 heteroatoms. The first-order valence-electron chi connectivity index (χ1n) is 16.3. The van der Waals surface area contributed by atoms with Crippen LogP contribution in [0.5, 0.6) is 0 Å². The van der Waals surface area contributed by atoms with Gasteiger partial charge in [-0.25, -0.2) is 0 Å². The molecule has 0 aromatic heterocycles. The molecule has 0 aromatic carbocycles. The van der Waals surface area contributed by atoms with E-state index in [1.165, 1.54) is 6.08 Å². The second kappa shape index (κ2) is 18.2. The Morgan fingerprint density at radius 2 is 1.61 bits per heavy atom. The fraction of sp³-hybridized carbons (Fsp3) is 0.824. The molecule has 0 radical (unpaired) electrons. The topological polar surface area (TPSA) is 169 Å². The van der Waals surface area contributed by atoms with E-state index in [0.29, 0.717) is 19.3 Å². The zero-order valence-corrected chi connectivity index (χ0v) is 27.8. The Hall–Kier alpha value is -1.18. The first-order valence-corrected chi connectivity index (χ1v) is 16.3. The largest absolute Gasteiger partial charge is 0.393 e. The fourth-order valence-electron chi connectivity index (χ4n) is 6.23. The molecule has 7 N–H and O–H groups in total. The predicted octanol–water partition coefficient (Wildman–Crippen LogP) is 2.61. The summed E-state index contributed by atoms with van der Waals surface area (Å²) in [7, 11) is 0. The average Bonchev–Trinajstić information content (AvgIpc) is 2.95. The van der Waals surface area contributed by atoms with Gasteiger partial charge in [0.2, 0.25) is 0 Å². The van der Waals surface area contributed by atoms with Gasteiger partial charge in [0.25, 0.3) is 0 Å². The third-order valence-electron chi connectivity index (χ3n) is 9.41. The highest BCUT2D eigenvalue weighted by Crippen LogP contribution is 2.36. The Kier molecular flexibility index (Phi) is 16.2. The summed E-state index contributed by atoms with van der Waals surface area (Å²) in [6.07, 6.45) is 1.60. The fourth-order valence-corrected chi connectivity index (χ4v) is 6.23. The standard InChI is InChI=1S/C34H60O10/c1-9-11-28-21(5)29(44-31-16-27(38)34(41)24(8)42-31)17-30(43-28)22(6)32(39)23(7)33(40)25(36)13-10-12-18(2)14-19(3)26(37)15-20(4)35/h9-13,19-41H,14-17H2,1-8H3/b11-9+,13-10+,18-12+/t19-,20-,21-,22-,23+,24+,25+,26-,27+,28-,29-,30-,31-,32+,33-,34+/m1/s1. The lowest BCUT2D eigenvalue weighted by Gasteiger charge is -2.45. The van der Waals surface area contributed by atoms with E-state index >= 15 is 0 Å². The molecule has 2 fully saturated rings. The zero-order chi connectivity index (χ0) is 33.3. The van der Waals surface area contributed by atoms with Gasteiger partial charge < -0.3 is 50.0 Å². The van der Waals surface area contributed by atoms with Crippen molar-refractivity contribution in [3.05, 3.63) is 36.0 Å². The van der Waals surface area contributed by atoms with Gasteiger partial charge in [0.15, 0.2) is 6.29 Å². The minimum atomic E-state index is -1.23. The van der Waals surface area contributed by atoms with Gasteiger partial charge in [0.1, 0.15) is 6.10 Å². The Labute approximate surface area is 264 Å². The Bertz CT molecular complexity index is 910. The molecule has 0 bridgehead atoms. The Balaban J connectivity index is 2.02. The van der Waals surface area contributed by atoms with Crippen molar-refractivity contribution in [2.75, 3.05) is 0 Å². The van der Waals surface area contributed by atoms with E-state index in [1.807, 2.05) is 52.8 Å². The molecule has 0 unspecified atom stereocenters. The van der Waals surface area contributed by atoms with Crippen molar-refractivity contribution in [1.29, 1.82) is 0 Å². The minimum absolute atomic E-state index is 0.0364. The van der Waals surface area contributed by atoms with E-state index in [9.17, 15) is 35.7 Å². The van der Waals surface area contributed by atoms with Crippen LogP contribution in [0.4, 0.5) is 0 Å². The molecule has 256 valence electrons. The molecule has 2 rings (SSSR count). The molecule has 2 heterocycles. The predicted molar refractivity (Wildman–Crippen MR) is 168 cm³/mol. The summed E-state index contributed by atoms with van der Waals surface area (Å²) in [5.74, 6) is -1.16. The quantitative estimate of drug-likeness (QED) is 0.106. The van der Waals surface area contributed by atoms with Crippen molar-refractivity contribution in [3.63, 3.8) is 0 Å². The highest BCUT2D eigenvalue weighted by atomic mass is 16.7. The number of ether oxygens (including phenoxy) is 3. The number of hydrogen-bond donors (Lipinski definition) is 7. The van der Waals surface area contributed by atoms with Gasteiger partial charge in [0, 0.05) is 30.6 Å². The van der Waals surface area contributed by atoms with E-state index in [2.05, 4.69) is 0 Å². The van der Waals surface area contributed by atoms with Crippen LogP contribution in [0.2, 0.25) is 0 Å². The van der Waals surface area contributed by atoms with Crippen LogP contribution in [0.1, 0.15) is 81.1 Å². The van der Waals surface area contributed by atoms with Crippen molar-refractivity contribution >= 4 is 0 Å². The monoisotopic (exact) mass is 628 g/mol. The molecule has 10 nitrogen and oxygen atoms in total.